The van der Waals surface area contributed by atoms with Crippen molar-refractivity contribution in [3.8, 4) is 11.5 Å². The molecule has 5 nitrogen and oxygen atoms in total. The number of phenolic OH excluding ortho intramolecular Hbond substituents is 2. The number of aromatic hydroxyl groups is 2. The van der Waals surface area contributed by atoms with Gasteiger partial charge in [0.25, 0.3) is 0 Å². The molecule has 1 aliphatic rings. The molecular formula is C34H53NO4. The van der Waals surface area contributed by atoms with E-state index in [2.05, 4.69) is 112 Å². The average molecular weight is 540 g/mol. The summed E-state index contributed by atoms with van der Waals surface area (Å²) >= 11 is 0. The van der Waals surface area contributed by atoms with Gasteiger partial charge in [-0.2, -0.15) is 0 Å². The summed E-state index contributed by atoms with van der Waals surface area (Å²) in [5, 5.41) is 22.5. The third kappa shape index (κ3) is 7.77. The predicted molar refractivity (Wildman–Crippen MR) is 161 cm³/mol. The zero-order valence-electron chi connectivity index (χ0n) is 26.6. The molecule has 1 heterocycles. The molecule has 0 amide bonds. The van der Waals surface area contributed by atoms with Crippen LogP contribution in [0.5, 0.6) is 11.5 Å². The molecule has 1 saturated heterocycles. The minimum Gasteiger partial charge on any atom is -0.507 e. The fourth-order valence-electron chi connectivity index (χ4n) is 5.28. The van der Waals surface area contributed by atoms with Gasteiger partial charge < -0.3 is 19.7 Å². The van der Waals surface area contributed by atoms with Crippen molar-refractivity contribution < 1.29 is 19.7 Å². The van der Waals surface area contributed by atoms with Crippen molar-refractivity contribution in [2.24, 2.45) is 0 Å². The SMILES string of the molecule is CC(C)(C)c1cc(CN(Cc2cc(C(C)(C)C)c(O)c(C(C)(C)C)c2)CC2OCCO2)cc(C(C)(C)C)c1O. The number of benzene rings is 2. The van der Waals surface area contributed by atoms with Crippen LogP contribution in [0, 0.1) is 0 Å². The molecule has 2 aromatic rings. The van der Waals surface area contributed by atoms with Crippen LogP contribution in [-0.2, 0) is 44.2 Å². The van der Waals surface area contributed by atoms with Crippen molar-refractivity contribution in [2.45, 2.75) is 124 Å². The molecular weight excluding hydrogens is 486 g/mol. The Morgan fingerprint density at radius 1 is 0.590 bits per heavy atom. The lowest BCUT2D eigenvalue weighted by Crippen LogP contribution is -2.33. The van der Waals surface area contributed by atoms with E-state index in [1.54, 1.807) is 0 Å². The van der Waals surface area contributed by atoms with Gasteiger partial charge in [-0.1, -0.05) is 107 Å². The molecule has 5 heteroatoms. The van der Waals surface area contributed by atoms with Crippen LogP contribution in [0.1, 0.15) is 116 Å². The lowest BCUT2D eigenvalue weighted by atomic mass is 9.78. The summed E-state index contributed by atoms with van der Waals surface area (Å²) in [7, 11) is 0. The Bertz CT molecular complexity index is 996. The normalized spacial score (nSPS) is 15.9. The Balaban J connectivity index is 2.09. The molecule has 0 atom stereocenters. The van der Waals surface area contributed by atoms with Gasteiger partial charge in [-0.15, -0.1) is 0 Å². The Kier molecular flexibility index (Phi) is 8.92. The first kappa shape index (κ1) is 31.4. The second kappa shape index (κ2) is 11.1. The van der Waals surface area contributed by atoms with E-state index in [1.165, 1.54) is 0 Å². The van der Waals surface area contributed by atoms with Gasteiger partial charge >= 0.3 is 0 Å². The van der Waals surface area contributed by atoms with Gasteiger partial charge in [0.15, 0.2) is 6.29 Å². The molecule has 0 spiro atoms. The zero-order valence-corrected chi connectivity index (χ0v) is 26.6. The summed E-state index contributed by atoms with van der Waals surface area (Å²) in [6, 6.07) is 8.63. The quantitative estimate of drug-likeness (QED) is 0.394. The Morgan fingerprint density at radius 2 is 0.872 bits per heavy atom. The van der Waals surface area contributed by atoms with E-state index in [4.69, 9.17) is 9.47 Å². The topological polar surface area (TPSA) is 62.2 Å². The number of hydrogen-bond donors (Lipinski definition) is 2. The first-order valence-electron chi connectivity index (χ1n) is 14.4. The van der Waals surface area contributed by atoms with Crippen LogP contribution in [0.25, 0.3) is 0 Å². The maximum Gasteiger partial charge on any atom is 0.170 e. The summed E-state index contributed by atoms with van der Waals surface area (Å²) in [5.41, 5.74) is 5.41. The van der Waals surface area contributed by atoms with Crippen LogP contribution in [0.15, 0.2) is 24.3 Å². The highest BCUT2D eigenvalue weighted by Gasteiger charge is 2.30. The van der Waals surface area contributed by atoms with Crippen LogP contribution in [0.3, 0.4) is 0 Å². The first-order valence-corrected chi connectivity index (χ1v) is 14.4. The average Bonchev–Trinajstić information content (AvgIpc) is 3.25. The minimum absolute atomic E-state index is 0.192. The zero-order chi connectivity index (χ0) is 29.6. The molecule has 0 aliphatic carbocycles. The number of phenols is 2. The Morgan fingerprint density at radius 3 is 1.13 bits per heavy atom. The van der Waals surface area contributed by atoms with E-state index >= 15 is 0 Å². The summed E-state index contributed by atoms with van der Waals surface area (Å²) in [6.07, 6.45) is -0.271. The highest BCUT2D eigenvalue weighted by Crippen LogP contribution is 2.42. The largest absolute Gasteiger partial charge is 0.507 e. The van der Waals surface area contributed by atoms with Gasteiger partial charge in [-0.05, 0) is 55.0 Å². The van der Waals surface area contributed by atoms with Crippen LogP contribution < -0.4 is 0 Å². The highest BCUT2D eigenvalue weighted by molar-refractivity contribution is 5.51. The number of ether oxygens (including phenoxy) is 2. The van der Waals surface area contributed by atoms with E-state index in [0.29, 0.717) is 44.3 Å². The third-order valence-corrected chi connectivity index (χ3v) is 7.48. The third-order valence-electron chi connectivity index (χ3n) is 7.48. The second-order valence-corrected chi connectivity index (χ2v) is 15.4. The molecule has 0 saturated carbocycles. The summed E-state index contributed by atoms with van der Waals surface area (Å²) in [6.45, 7) is 29.0. The van der Waals surface area contributed by atoms with Crippen molar-refractivity contribution in [2.75, 3.05) is 19.8 Å². The lowest BCUT2D eigenvalue weighted by Gasteiger charge is -2.31. The van der Waals surface area contributed by atoms with Gasteiger partial charge in [-0.3, -0.25) is 4.90 Å². The maximum absolute atomic E-state index is 11.2. The molecule has 0 radical (unpaired) electrons. The second-order valence-electron chi connectivity index (χ2n) is 15.4. The van der Waals surface area contributed by atoms with E-state index in [1.807, 2.05) is 0 Å². The fraction of sp³-hybridized carbons (Fsp3) is 0.647. The van der Waals surface area contributed by atoms with Gasteiger partial charge in [0.05, 0.1) is 19.8 Å². The van der Waals surface area contributed by atoms with Crippen LogP contribution in [-0.4, -0.2) is 41.2 Å². The van der Waals surface area contributed by atoms with Crippen LogP contribution in [0.2, 0.25) is 0 Å². The molecule has 218 valence electrons. The smallest absolute Gasteiger partial charge is 0.170 e. The van der Waals surface area contributed by atoms with E-state index in [9.17, 15) is 10.2 Å². The van der Waals surface area contributed by atoms with Gasteiger partial charge in [0, 0.05) is 13.1 Å². The monoisotopic (exact) mass is 539 g/mol. The number of rotatable bonds is 6. The summed E-state index contributed by atoms with van der Waals surface area (Å²) < 4.78 is 11.7. The molecule has 2 N–H and O–H groups in total. The predicted octanol–water partition coefficient (Wildman–Crippen LogP) is 7.66. The molecule has 1 aliphatic heterocycles. The number of hydrogen-bond acceptors (Lipinski definition) is 5. The van der Waals surface area contributed by atoms with E-state index in [0.717, 1.165) is 33.4 Å². The minimum atomic E-state index is -0.271. The Labute approximate surface area is 237 Å². The summed E-state index contributed by atoms with van der Waals surface area (Å²) in [4.78, 5) is 2.37. The molecule has 0 aromatic heterocycles. The van der Waals surface area contributed by atoms with Crippen LogP contribution >= 0.6 is 0 Å². The van der Waals surface area contributed by atoms with Crippen molar-refractivity contribution >= 4 is 0 Å². The van der Waals surface area contributed by atoms with Crippen LogP contribution in [0.4, 0.5) is 0 Å². The van der Waals surface area contributed by atoms with Crippen molar-refractivity contribution in [3.05, 3.63) is 57.6 Å². The Hall–Kier alpha value is -2.08. The van der Waals surface area contributed by atoms with Crippen molar-refractivity contribution in [3.63, 3.8) is 0 Å². The molecule has 2 aromatic carbocycles. The summed E-state index contributed by atoms with van der Waals surface area (Å²) in [5.74, 6) is 0.798. The maximum atomic E-state index is 11.2. The van der Waals surface area contributed by atoms with E-state index < -0.39 is 0 Å². The van der Waals surface area contributed by atoms with Gasteiger partial charge in [0.1, 0.15) is 11.5 Å². The van der Waals surface area contributed by atoms with Gasteiger partial charge in [-0.25, -0.2) is 0 Å². The molecule has 0 unspecified atom stereocenters. The highest BCUT2D eigenvalue weighted by atomic mass is 16.7. The molecule has 1 fully saturated rings. The van der Waals surface area contributed by atoms with Gasteiger partial charge in [0.2, 0.25) is 0 Å². The first-order chi connectivity index (χ1) is 17.7. The van der Waals surface area contributed by atoms with Crippen molar-refractivity contribution in [1.82, 2.24) is 4.90 Å². The molecule has 0 bridgehead atoms. The molecule has 39 heavy (non-hydrogen) atoms. The van der Waals surface area contributed by atoms with Crippen molar-refractivity contribution in [1.29, 1.82) is 0 Å². The van der Waals surface area contributed by atoms with E-state index in [-0.39, 0.29) is 27.9 Å². The number of nitrogens with zero attached hydrogens (tertiary/aromatic N) is 1. The fourth-order valence-corrected chi connectivity index (χ4v) is 5.28. The lowest BCUT2D eigenvalue weighted by molar-refractivity contribution is -0.0647. The molecule has 3 rings (SSSR count). The standard InChI is InChI=1S/C34H53NO4/c1-31(2,3)24-15-22(16-25(29(24)36)32(4,5)6)19-35(21-28-38-13-14-39-28)20-23-17-26(33(7,8)9)30(37)27(18-23)34(10,11)12/h15-18,28,36-37H,13-14,19-21H2,1-12H3.